The van der Waals surface area contributed by atoms with Crippen LogP contribution in [0, 0.1) is 0 Å². The van der Waals surface area contributed by atoms with Crippen LogP contribution in [0.15, 0.2) is 271 Å². The Kier molecular flexibility index (Phi) is 9.19. The second-order valence-corrected chi connectivity index (χ2v) is 18.9. The van der Waals surface area contributed by atoms with E-state index in [1.54, 1.807) is 0 Å². The van der Waals surface area contributed by atoms with Crippen LogP contribution in [-0.2, 0) is 0 Å². The summed E-state index contributed by atoms with van der Waals surface area (Å²) in [5.74, 6) is 0. The van der Waals surface area contributed by atoms with Crippen LogP contribution in [0.3, 0.4) is 0 Å². The summed E-state index contributed by atoms with van der Waals surface area (Å²) < 4.78 is 12.1. The van der Waals surface area contributed by atoms with Crippen molar-refractivity contribution in [3.8, 4) is 11.4 Å². The summed E-state index contributed by atoms with van der Waals surface area (Å²) in [6.45, 7) is 0. The molecule has 0 unspecified atom stereocenters. The Morgan fingerprint density at radius 1 is 0.247 bits per heavy atom. The van der Waals surface area contributed by atoms with E-state index >= 15 is 0 Å². The van der Waals surface area contributed by atoms with Crippen molar-refractivity contribution in [3.63, 3.8) is 0 Å². The van der Waals surface area contributed by atoms with E-state index in [-0.39, 0.29) is 0 Å². The van der Waals surface area contributed by atoms with Crippen LogP contribution in [0.4, 0.5) is 34.1 Å². The Labute approximate surface area is 420 Å². The SMILES string of the molecule is c1ccc(N(c2ccc(-n3c4ccccc4c4c5oc6c(ccc7c6c6ccccc6n7-c6ccc(N(c7ccccc7)c7cccc8ccccc78)cc6)c5ccc43)cc2)c2cccc3ccccc23)cc1. The first-order valence-electron chi connectivity index (χ1n) is 24.9. The molecule has 5 nitrogen and oxygen atoms in total. The normalized spacial score (nSPS) is 11.8. The lowest BCUT2D eigenvalue weighted by molar-refractivity contribution is 0.677. The number of aromatic nitrogens is 2. The highest BCUT2D eigenvalue weighted by Crippen LogP contribution is 2.46. The number of anilines is 6. The molecular formula is C68H44N4O. The highest BCUT2D eigenvalue weighted by atomic mass is 16.3. The Morgan fingerprint density at radius 3 is 1.04 bits per heavy atom. The van der Waals surface area contributed by atoms with Crippen LogP contribution in [0.2, 0.25) is 0 Å². The molecule has 0 fully saturated rings. The molecule has 3 aromatic heterocycles. The molecule has 0 saturated carbocycles. The fraction of sp³-hybridized carbons (Fsp3) is 0. The van der Waals surface area contributed by atoms with Crippen molar-refractivity contribution < 1.29 is 4.42 Å². The Bertz CT molecular complexity index is 4300. The quantitative estimate of drug-likeness (QED) is 0.152. The first kappa shape index (κ1) is 41.0. The molecule has 0 aliphatic carbocycles. The van der Waals surface area contributed by atoms with Crippen molar-refractivity contribution in [2.24, 2.45) is 0 Å². The second kappa shape index (κ2) is 16.4. The summed E-state index contributed by atoms with van der Waals surface area (Å²) in [6.07, 6.45) is 0. The molecule has 15 rings (SSSR count). The summed E-state index contributed by atoms with van der Waals surface area (Å²) in [5.41, 5.74) is 15.1. The van der Waals surface area contributed by atoms with Crippen LogP contribution < -0.4 is 9.80 Å². The molecule has 0 N–H and O–H groups in total. The van der Waals surface area contributed by atoms with Gasteiger partial charge in [-0.2, -0.15) is 0 Å². The minimum Gasteiger partial charge on any atom is -0.455 e. The predicted molar refractivity (Wildman–Crippen MR) is 307 cm³/mol. The maximum Gasteiger partial charge on any atom is 0.145 e. The fourth-order valence-electron chi connectivity index (χ4n) is 11.7. The number of nitrogens with zero attached hydrogens (tertiary/aromatic N) is 4. The minimum absolute atomic E-state index is 0.897. The van der Waals surface area contributed by atoms with E-state index in [2.05, 4.69) is 286 Å². The third-order valence-corrected chi connectivity index (χ3v) is 14.9. The molecule has 0 aliphatic heterocycles. The highest BCUT2D eigenvalue weighted by Gasteiger charge is 2.24. The van der Waals surface area contributed by atoms with E-state index in [1.165, 1.54) is 21.5 Å². The van der Waals surface area contributed by atoms with E-state index < -0.39 is 0 Å². The highest BCUT2D eigenvalue weighted by molar-refractivity contribution is 6.29. The molecule has 0 atom stereocenters. The summed E-state index contributed by atoms with van der Waals surface area (Å²) in [7, 11) is 0. The molecule has 73 heavy (non-hydrogen) atoms. The topological polar surface area (TPSA) is 29.5 Å². The maximum atomic E-state index is 7.32. The molecule has 0 saturated heterocycles. The average molecular weight is 933 g/mol. The molecular weight excluding hydrogens is 889 g/mol. The van der Waals surface area contributed by atoms with Gasteiger partial charge in [0.1, 0.15) is 11.2 Å². The van der Waals surface area contributed by atoms with Gasteiger partial charge < -0.3 is 23.4 Å². The van der Waals surface area contributed by atoms with Gasteiger partial charge in [-0.3, -0.25) is 0 Å². The van der Waals surface area contributed by atoms with E-state index in [0.29, 0.717) is 0 Å². The van der Waals surface area contributed by atoms with Crippen LogP contribution in [-0.4, -0.2) is 9.13 Å². The zero-order valence-electron chi connectivity index (χ0n) is 39.6. The third kappa shape index (κ3) is 6.35. The van der Waals surface area contributed by atoms with Crippen molar-refractivity contribution in [3.05, 3.63) is 267 Å². The number of rotatable bonds is 8. The monoisotopic (exact) mass is 932 g/mol. The van der Waals surface area contributed by atoms with Crippen molar-refractivity contribution in [2.45, 2.75) is 0 Å². The first-order valence-corrected chi connectivity index (χ1v) is 24.9. The zero-order valence-corrected chi connectivity index (χ0v) is 39.6. The average Bonchev–Trinajstić information content (AvgIpc) is 4.12. The van der Waals surface area contributed by atoms with Crippen LogP contribution in [0.25, 0.3) is 98.5 Å². The van der Waals surface area contributed by atoms with Gasteiger partial charge in [0.2, 0.25) is 0 Å². The number of furan rings is 1. The molecule has 15 aromatic rings. The molecule has 0 amide bonds. The van der Waals surface area contributed by atoms with Crippen LogP contribution in [0.1, 0.15) is 0 Å². The molecule has 5 heteroatoms. The Morgan fingerprint density at radius 2 is 0.603 bits per heavy atom. The van der Waals surface area contributed by atoms with E-state index in [0.717, 1.165) is 111 Å². The standard InChI is InChI=1S/C68H44N4O/c1-3-21-47(22-4-1)69(59-31-15-19-45-17-7-9-25-53(45)59)49-33-37-51(38-34-49)71-61-29-13-11-27-57(61)65-63(71)43-41-55-56-42-44-64-66(68(56)73-67(55)65)58-28-12-14-30-62(58)72(64)52-39-35-50(36-40-52)70(48-23-5-2-6-24-48)60-32-16-20-46-18-8-10-26-54(46)60/h1-44H. The summed E-state index contributed by atoms with van der Waals surface area (Å²) in [5, 5.41) is 11.6. The van der Waals surface area contributed by atoms with Gasteiger partial charge in [0.25, 0.3) is 0 Å². The van der Waals surface area contributed by atoms with Gasteiger partial charge in [0, 0.05) is 66.4 Å². The molecule has 12 aromatic carbocycles. The lowest BCUT2D eigenvalue weighted by atomic mass is 10.1. The molecule has 0 aliphatic rings. The van der Waals surface area contributed by atoms with Gasteiger partial charge in [-0.15, -0.1) is 0 Å². The first-order chi connectivity index (χ1) is 36.2. The van der Waals surface area contributed by atoms with E-state index in [4.69, 9.17) is 4.42 Å². The number of hydrogen-bond donors (Lipinski definition) is 0. The Balaban J connectivity index is 0.870. The van der Waals surface area contributed by atoms with Crippen molar-refractivity contribution in [2.75, 3.05) is 9.80 Å². The maximum absolute atomic E-state index is 7.32. The van der Waals surface area contributed by atoms with Crippen molar-refractivity contribution >= 4 is 121 Å². The Hall–Kier alpha value is -9.84. The van der Waals surface area contributed by atoms with Crippen LogP contribution in [0.5, 0.6) is 0 Å². The fourth-order valence-corrected chi connectivity index (χ4v) is 11.7. The summed E-state index contributed by atoms with van der Waals surface area (Å²) in [6, 6.07) is 96.1. The van der Waals surface area contributed by atoms with Gasteiger partial charge in [-0.05, 0) is 132 Å². The third-order valence-electron chi connectivity index (χ3n) is 14.9. The smallest absolute Gasteiger partial charge is 0.145 e. The number of hydrogen-bond acceptors (Lipinski definition) is 3. The van der Waals surface area contributed by atoms with Gasteiger partial charge in [-0.25, -0.2) is 0 Å². The number of para-hydroxylation sites is 4. The molecule has 342 valence electrons. The van der Waals surface area contributed by atoms with Gasteiger partial charge >= 0.3 is 0 Å². The lowest BCUT2D eigenvalue weighted by Crippen LogP contribution is -2.10. The largest absolute Gasteiger partial charge is 0.455 e. The zero-order chi connectivity index (χ0) is 48.0. The van der Waals surface area contributed by atoms with Crippen LogP contribution >= 0.6 is 0 Å². The summed E-state index contributed by atoms with van der Waals surface area (Å²) in [4.78, 5) is 4.71. The van der Waals surface area contributed by atoms with Crippen molar-refractivity contribution in [1.29, 1.82) is 0 Å². The van der Waals surface area contributed by atoms with Gasteiger partial charge in [0.15, 0.2) is 0 Å². The molecule has 3 heterocycles. The van der Waals surface area contributed by atoms with Crippen molar-refractivity contribution in [1.82, 2.24) is 9.13 Å². The second-order valence-electron chi connectivity index (χ2n) is 18.9. The predicted octanol–water partition coefficient (Wildman–Crippen LogP) is 19.0. The van der Waals surface area contributed by atoms with Gasteiger partial charge in [0.05, 0.1) is 44.2 Å². The molecule has 0 radical (unpaired) electrons. The molecule has 0 bridgehead atoms. The van der Waals surface area contributed by atoms with E-state index in [1.807, 2.05) is 0 Å². The lowest BCUT2D eigenvalue weighted by Gasteiger charge is -2.27. The number of fused-ring (bicyclic) bond motifs is 13. The number of benzene rings is 12. The molecule has 0 spiro atoms. The minimum atomic E-state index is 0.897. The van der Waals surface area contributed by atoms with E-state index in [9.17, 15) is 0 Å². The summed E-state index contributed by atoms with van der Waals surface area (Å²) >= 11 is 0. The van der Waals surface area contributed by atoms with Gasteiger partial charge in [-0.1, -0.05) is 146 Å².